The van der Waals surface area contributed by atoms with E-state index < -0.39 is 35.5 Å². The Bertz CT molecular complexity index is 305. The van der Waals surface area contributed by atoms with Gasteiger partial charge in [0, 0.05) is 12.2 Å². The van der Waals surface area contributed by atoms with Crippen molar-refractivity contribution in [2.75, 3.05) is 5.75 Å². The van der Waals surface area contributed by atoms with Crippen LogP contribution in [0.15, 0.2) is 0 Å². The number of thioether (sulfide) groups is 1. The van der Waals surface area contributed by atoms with Crippen LogP contribution in [-0.4, -0.2) is 35.2 Å². The van der Waals surface area contributed by atoms with Gasteiger partial charge in [0.05, 0.1) is 6.10 Å². The molecule has 0 aliphatic rings. The molecule has 0 saturated heterocycles. The van der Waals surface area contributed by atoms with E-state index in [1.807, 2.05) is 0 Å². The molecule has 0 N–H and O–H groups in total. The molecule has 0 rings (SSSR count). The van der Waals surface area contributed by atoms with Crippen LogP contribution in [0.3, 0.4) is 0 Å². The van der Waals surface area contributed by atoms with Crippen molar-refractivity contribution in [2.24, 2.45) is 0 Å². The minimum atomic E-state index is -5.55. The largest absolute Gasteiger partial charge is 0.462 e. The van der Waals surface area contributed by atoms with Crippen LogP contribution >= 0.6 is 11.8 Å². The molecule has 0 saturated carbocycles. The van der Waals surface area contributed by atoms with Crippen molar-refractivity contribution >= 4 is 17.7 Å². The molecule has 120 valence electrons. The number of alkyl halides is 5. The van der Waals surface area contributed by atoms with Gasteiger partial charge in [-0.15, -0.1) is 11.8 Å². The van der Waals surface area contributed by atoms with Gasteiger partial charge in [-0.2, -0.15) is 22.0 Å². The fourth-order valence-corrected chi connectivity index (χ4v) is 2.56. The van der Waals surface area contributed by atoms with Gasteiger partial charge in [0.2, 0.25) is 0 Å². The topological polar surface area (TPSA) is 26.3 Å². The molecule has 1 atom stereocenters. The van der Waals surface area contributed by atoms with Crippen LogP contribution in [-0.2, 0) is 9.53 Å². The van der Waals surface area contributed by atoms with Gasteiger partial charge >= 0.3 is 18.1 Å². The fourth-order valence-electron chi connectivity index (χ4n) is 1.31. The Morgan fingerprint density at radius 1 is 1.20 bits per heavy atom. The van der Waals surface area contributed by atoms with Crippen LogP contribution < -0.4 is 0 Å². The van der Waals surface area contributed by atoms with E-state index in [0.29, 0.717) is 12.8 Å². The third-order valence-corrected chi connectivity index (χ3v) is 3.59. The lowest BCUT2D eigenvalue weighted by Crippen LogP contribution is -2.37. The van der Waals surface area contributed by atoms with Crippen molar-refractivity contribution in [3.63, 3.8) is 0 Å². The molecule has 20 heavy (non-hydrogen) atoms. The van der Waals surface area contributed by atoms with Crippen LogP contribution in [0.5, 0.6) is 0 Å². The zero-order chi connectivity index (χ0) is 16.0. The average molecular weight is 322 g/mol. The van der Waals surface area contributed by atoms with E-state index in [1.54, 1.807) is 20.8 Å². The van der Waals surface area contributed by atoms with Crippen LogP contribution in [0, 0.1) is 0 Å². The summed E-state index contributed by atoms with van der Waals surface area (Å²) in [7, 11) is 0. The number of hydrogen-bond acceptors (Lipinski definition) is 3. The summed E-state index contributed by atoms with van der Waals surface area (Å²) < 4.78 is 66.3. The van der Waals surface area contributed by atoms with Gasteiger partial charge in [-0.1, -0.05) is 13.3 Å². The van der Waals surface area contributed by atoms with Crippen LogP contribution in [0.1, 0.15) is 40.0 Å². The van der Waals surface area contributed by atoms with E-state index in [0.717, 1.165) is 11.8 Å². The molecule has 0 heterocycles. The standard InChI is InChI=1S/C12H19F5O2S/c1-4-5-9(10(18)19-8(2)3)20-7-6-11(13,14)12(15,16)17/h8-9H,4-7H2,1-3H3. The second kappa shape index (κ2) is 8.05. The molecule has 0 fully saturated rings. The van der Waals surface area contributed by atoms with Crippen LogP contribution in [0.25, 0.3) is 0 Å². The number of rotatable bonds is 8. The molecule has 0 aromatic carbocycles. The van der Waals surface area contributed by atoms with E-state index in [1.165, 1.54) is 0 Å². The summed E-state index contributed by atoms with van der Waals surface area (Å²) >= 11 is 0.785. The molecule has 0 aromatic rings. The third kappa shape index (κ3) is 6.76. The second-order valence-electron chi connectivity index (χ2n) is 4.59. The van der Waals surface area contributed by atoms with Crippen molar-refractivity contribution in [1.82, 2.24) is 0 Å². The highest BCUT2D eigenvalue weighted by molar-refractivity contribution is 8.00. The fraction of sp³-hybridized carbons (Fsp3) is 0.917. The maximum atomic E-state index is 12.7. The zero-order valence-corrected chi connectivity index (χ0v) is 12.4. The molecule has 0 bridgehead atoms. The predicted octanol–water partition coefficient (Wildman–Crippen LogP) is 4.43. The highest BCUT2D eigenvalue weighted by Gasteiger charge is 2.56. The van der Waals surface area contributed by atoms with Gasteiger partial charge in [0.1, 0.15) is 5.25 Å². The molecule has 0 radical (unpaired) electrons. The summed E-state index contributed by atoms with van der Waals surface area (Å²) in [6.07, 6.45) is -6.24. The number of carbonyl (C=O) groups is 1. The summed E-state index contributed by atoms with van der Waals surface area (Å²) in [6, 6.07) is 0. The molecule has 0 aliphatic heterocycles. The minimum absolute atomic E-state index is 0.348. The van der Waals surface area contributed by atoms with Gasteiger partial charge in [0.15, 0.2) is 0 Å². The van der Waals surface area contributed by atoms with Crippen molar-refractivity contribution in [2.45, 2.75) is 63.5 Å². The molecule has 0 aliphatic carbocycles. The molecule has 0 amide bonds. The van der Waals surface area contributed by atoms with Crippen molar-refractivity contribution in [1.29, 1.82) is 0 Å². The van der Waals surface area contributed by atoms with Crippen molar-refractivity contribution in [3.8, 4) is 0 Å². The van der Waals surface area contributed by atoms with Gasteiger partial charge in [0.25, 0.3) is 0 Å². The molecular weight excluding hydrogens is 303 g/mol. The lowest BCUT2D eigenvalue weighted by atomic mass is 10.2. The number of ether oxygens (including phenoxy) is 1. The Morgan fingerprint density at radius 2 is 1.75 bits per heavy atom. The summed E-state index contributed by atoms with van der Waals surface area (Å²) in [6.45, 7) is 5.08. The lowest BCUT2D eigenvalue weighted by Gasteiger charge is -2.21. The first-order valence-corrected chi connectivity index (χ1v) is 7.32. The third-order valence-electron chi connectivity index (χ3n) is 2.32. The summed E-state index contributed by atoms with van der Waals surface area (Å²) in [4.78, 5) is 11.6. The monoisotopic (exact) mass is 322 g/mol. The minimum Gasteiger partial charge on any atom is -0.462 e. The number of carbonyl (C=O) groups excluding carboxylic acids is 1. The quantitative estimate of drug-likeness (QED) is 0.488. The summed E-state index contributed by atoms with van der Waals surface area (Å²) in [5, 5.41) is -0.702. The Hall–Kier alpha value is -0.530. The SMILES string of the molecule is CCCC(SCCC(F)(F)C(F)(F)F)C(=O)OC(C)C. The molecule has 2 nitrogen and oxygen atoms in total. The Labute approximate surface area is 119 Å². The van der Waals surface area contributed by atoms with E-state index >= 15 is 0 Å². The zero-order valence-electron chi connectivity index (χ0n) is 11.6. The summed E-state index contributed by atoms with van der Waals surface area (Å²) in [5.41, 5.74) is 0. The van der Waals surface area contributed by atoms with Gasteiger partial charge in [-0.05, 0) is 20.3 Å². The molecule has 8 heteroatoms. The lowest BCUT2D eigenvalue weighted by molar-refractivity contribution is -0.282. The maximum Gasteiger partial charge on any atom is 0.453 e. The van der Waals surface area contributed by atoms with E-state index in [-0.39, 0.29) is 6.10 Å². The van der Waals surface area contributed by atoms with Crippen molar-refractivity contribution in [3.05, 3.63) is 0 Å². The van der Waals surface area contributed by atoms with E-state index in [2.05, 4.69) is 0 Å². The Balaban J connectivity index is 4.39. The smallest absolute Gasteiger partial charge is 0.453 e. The first kappa shape index (κ1) is 19.5. The van der Waals surface area contributed by atoms with Gasteiger partial charge < -0.3 is 4.74 Å². The molecular formula is C12H19F5O2S. The normalized spacial score (nSPS) is 14.4. The number of hydrogen-bond donors (Lipinski definition) is 0. The molecule has 0 aromatic heterocycles. The highest BCUT2D eigenvalue weighted by Crippen LogP contribution is 2.39. The predicted molar refractivity (Wildman–Crippen MR) is 68.0 cm³/mol. The molecule has 0 spiro atoms. The number of esters is 1. The van der Waals surface area contributed by atoms with Crippen LogP contribution in [0.4, 0.5) is 22.0 Å². The molecule has 1 unspecified atom stereocenters. The van der Waals surface area contributed by atoms with Gasteiger partial charge in [-0.25, -0.2) is 0 Å². The van der Waals surface area contributed by atoms with Crippen LogP contribution in [0.2, 0.25) is 0 Å². The van der Waals surface area contributed by atoms with Crippen molar-refractivity contribution < 1.29 is 31.5 Å². The van der Waals surface area contributed by atoms with E-state index in [4.69, 9.17) is 4.74 Å². The maximum absolute atomic E-state index is 12.7. The van der Waals surface area contributed by atoms with E-state index in [9.17, 15) is 26.7 Å². The summed E-state index contributed by atoms with van der Waals surface area (Å²) in [5.74, 6) is -5.74. The van der Waals surface area contributed by atoms with Gasteiger partial charge in [-0.3, -0.25) is 4.79 Å². The first-order chi connectivity index (χ1) is 9.01. The first-order valence-electron chi connectivity index (χ1n) is 6.28. The number of halogens is 5. The highest BCUT2D eigenvalue weighted by atomic mass is 32.2. The average Bonchev–Trinajstić information content (AvgIpc) is 2.25. The Morgan fingerprint density at radius 3 is 2.15 bits per heavy atom. The second-order valence-corrected chi connectivity index (χ2v) is 5.90. The Kier molecular flexibility index (Phi) is 7.83.